The van der Waals surface area contributed by atoms with Crippen molar-refractivity contribution in [2.45, 2.75) is 32.7 Å². The lowest BCUT2D eigenvalue weighted by Gasteiger charge is -2.37. The molecule has 13 heteroatoms. The van der Waals surface area contributed by atoms with E-state index in [0.29, 0.717) is 45.3 Å². The van der Waals surface area contributed by atoms with Gasteiger partial charge in [-0.1, -0.05) is 29.8 Å². The molecule has 2 aromatic carbocycles. The van der Waals surface area contributed by atoms with Crippen molar-refractivity contribution in [3.63, 3.8) is 0 Å². The van der Waals surface area contributed by atoms with Crippen LogP contribution < -0.4 is 9.64 Å². The molecule has 0 amide bonds. The number of aryl methyl sites for hydroxylation is 1. The second-order valence-corrected chi connectivity index (χ2v) is 13.6. The van der Waals surface area contributed by atoms with E-state index < -0.39 is 41.3 Å². The van der Waals surface area contributed by atoms with Crippen molar-refractivity contribution >= 4 is 44.8 Å². The molecule has 42 heavy (non-hydrogen) atoms. The van der Waals surface area contributed by atoms with Crippen molar-refractivity contribution < 1.29 is 32.0 Å². The van der Waals surface area contributed by atoms with E-state index in [1.807, 2.05) is 13.0 Å². The topological polar surface area (TPSA) is 83.0 Å². The van der Waals surface area contributed by atoms with E-state index >= 15 is 0 Å². The van der Waals surface area contributed by atoms with Gasteiger partial charge in [-0.3, -0.25) is 13.9 Å². The van der Waals surface area contributed by atoms with Crippen LogP contribution in [0.4, 0.5) is 18.3 Å². The third kappa shape index (κ3) is 7.27. The normalized spacial score (nSPS) is 20.5. The Labute approximate surface area is 253 Å². The average molecular weight is 642 g/mol. The van der Waals surface area contributed by atoms with Gasteiger partial charge < -0.3 is 14.7 Å². The monoisotopic (exact) mass is 641 g/mol. The molecule has 2 atom stereocenters. The Morgan fingerprint density at radius 3 is 2.64 bits per heavy atom. The summed E-state index contributed by atoms with van der Waals surface area (Å²) in [6, 6.07) is 11.4. The first-order valence-electron chi connectivity index (χ1n) is 13.6. The minimum Gasteiger partial charge on any atom is -0.488 e. The standard InChI is InChI=1S/C29H31ClF3N3O4S2/c1-18-12-19(14-35-8-10-42(39)11-9-35)2-3-20(18)16-40-26-5-4-21(30)13-23(26)25-17-41-28(34-25)36-7-6-22(27(37)38)24(15-36)29(31,32)33/h2-5,12-13,17,22,24H,6-11,14-16H2,1H3,(H,37,38). The Bertz CT molecular complexity index is 1460. The van der Waals surface area contributed by atoms with Crippen LogP contribution in [0.3, 0.4) is 0 Å². The van der Waals surface area contributed by atoms with E-state index in [1.165, 1.54) is 21.8 Å². The molecule has 0 aliphatic carbocycles. The smallest absolute Gasteiger partial charge is 0.394 e. The molecule has 1 N–H and O–H groups in total. The zero-order valence-electron chi connectivity index (χ0n) is 22.9. The second kappa shape index (κ2) is 12.9. The summed E-state index contributed by atoms with van der Waals surface area (Å²) in [5.41, 5.74) is 4.42. The van der Waals surface area contributed by atoms with Crippen LogP contribution >= 0.6 is 22.9 Å². The lowest BCUT2D eigenvalue weighted by Crippen LogP contribution is -2.49. The Kier molecular flexibility index (Phi) is 9.46. The molecule has 0 saturated carbocycles. The molecular weight excluding hydrogens is 611 g/mol. The molecular formula is C29H31ClF3N3O4S2. The highest BCUT2D eigenvalue weighted by molar-refractivity contribution is 7.85. The summed E-state index contributed by atoms with van der Waals surface area (Å²) in [4.78, 5) is 19.9. The lowest BCUT2D eigenvalue weighted by atomic mass is 9.85. The van der Waals surface area contributed by atoms with Gasteiger partial charge in [0.1, 0.15) is 12.4 Å². The quantitative estimate of drug-likeness (QED) is 0.323. The van der Waals surface area contributed by atoms with Gasteiger partial charge in [0.05, 0.1) is 17.5 Å². The summed E-state index contributed by atoms with van der Waals surface area (Å²) < 4.78 is 58.8. The van der Waals surface area contributed by atoms with Crippen molar-refractivity contribution in [3.05, 3.63) is 63.5 Å². The van der Waals surface area contributed by atoms with Crippen LogP contribution in [-0.2, 0) is 28.7 Å². The number of hydrogen-bond acceptors (Lipinski definition) is 7. The number of aliphatic carboxylic acids is 1. The predicted molar refractivity (Wildman–Crippen MR) is 159 cm³/mol. The molecule has 3 heterocycles. The zero-order valence-corrected chi connectivity index (χ0v) is 25.3. The molecule has 2 aliphatic heterocycles. The molecule has 0 bridgehead atoms. The molecule has 5 rings (SSSR count). The van der Waals surface area contributed by atoms with E-state index in [2.05, 4.69) is 22.0 Å². The average Bonchev–Trinajstić information content (AvgIpc) is 3.44. The number of carbonyl (C=O) groups is 1. The number of halogens is 4. The predicted octanol–water partition coefficient (Wildman–Crippen LogP) is 6.00. The van der Waals surface area contributed by atoms with Gasteiger partial charge in [-0.2, -0.15) is 13.2 Å². The first-order chi connectivity index (χ1) is 20.0. The van der Waals surface area contributed by atoms with Crippen LogP contribution in [0.25, 0.3) is 11.3 Å². The zero-order chi connectivity index (χ0) is 30.0. The molecule has 0 spiro atoms. The highest BCUT2D eigenvalue weighted by Gasteiger charge is 2.50. The van der Waals surface area contributed by atoms with Gasteiger partial charge in [0.2, 0.25) is 0 Å². The van der Waals surface area contributed by atoms with Crippen molar-refractivity contribution in [2.24, 2.45) is 11.8 Å². The Balaban J connectivity index is 1.28. The summed E-state index contributed by atoms with van der Waals surface area (Å²) in [6.45, 7) is 4.52. The van der Waals surface area contributed by atoms with Crippen LogP contribution in [0, 0.1) is 18.8 Å². The number of aromatic nitrogens is 1. The van der Waals surface area contributed by atoms with Gasteiger partial charge in [0.25, 0.3) is 0 Å². The lowest BCUT2D eigenvalue weighted by molar-refractivity contribution is -0.197. The number of piperidine rings is 1. The molecule has 7 nitrogen and oxygen atoms in total. The van der Waals surface area contributed by atoms with Gasteiger partial charge >= 0.3 is 12.1 Å². The van der Waals surface area contributed by atoms with Gasteiger partial charge in [-0.15, -0.1) is 11.3 Å². The third-order valence-corrected chi connectivity index (χ3v) is 10.2. The van der Waals surface area contributed by atoms with Gasteiger partial charge in [-0.25, -0.2) is 4.98 Å². The highest BCUT2D eigenvalue weighted by atomic mass is 35.5. The van der Waals surface area contributed by atoms with Crippen LogP contribution in [0.2, 0.25) is 5.02 Å². The van der Waals surface area contributed by atoms with E-state index in [9.17, 15) is 27.3 Å². The first kappa shape index (κ1) is 30.8. The molecule has 0 radical (unpaired) electrons. The summed E-state index contributed by atoms with van der Waals surface area (Å²) in [6.07, 6.45) is -4.74. The molecule has 3 aromatic rings. The van der Waals surface area contributed by atoms with Crippen LogP contribution in [0.15, 0.2) is 41.8 Å². The Morgan fingerprint density at radius 2 is 1.95 bits per heavy atom. The number of alkyl halides is 3. The van der Waals surface area contributed by atoms with E-state index in [1.54, 1.807) is 23.6 Å². The number of carboxylic acids is 1. The van der Waals surface area contributed by atoms with E-state index in [-0.39, 0.29) is 13.0 Å². The number of carboxylic acid groups (broad SMARTS) is 1. The minimum atomic E-state index is -4.62. The third-order valence-electron chi connectivity index (χ3n) is 7.80. The molecule has 226 valence electrons. The summed E-state index contributed by atoms with van der Waals surface area (Å²) in [7, 11) is -0.706. The van der Waals surface area contributed by atoms with Crippen molar-refractivity contribution in [3.8, 4) is 17.0 Å². The number of nitrogens with zero attached hydrogens (tertiary/aromatic N) is 3. The van der Waals surface area contributed by atoms with Crippen molar-refractivity contribution in [1.29, 1.82) is 0 Å². The number of rotatable bonds is 8. The summed E-state index contributed by atoms with van der Waals surface area (Å²) >= 11 is 7.49. The van der Waals surface area contributed by atoms with Gasteiger partial charge in [-0.05, 0) is 48.2 Å². The maximum Gasteiger partial charge on any atom is 0.394 e. The molecule has 2 fully saturated rings. The molecule has 2 unspecified atom stereocenters. The number of hydrogen-bond donors (Lipinski definition) is 1. The van der Waals surface area contributed by atoms with Crippen LogP contribution in [-0.4, -0.2) is 69.0 Å². The Morgan fingerprint density at radius 1 is 1.19 bits per heavy atom. The minimum absolute atomic E-state index is 0.114. The highest BCUT2D eigenvalue weighted by Crippen LogP contribution is 2.41. The van der Waals surface area contributed by atoms with Gasteiger partial charge in [0, 0.05) is 71.0 Å². The number of ether oxygens (including phenoxy) is 1. The van der Waals surface area contributed by atoms with Crippen LogP contribution in [0.5, 0.6) is 5.75 Å². The first-order valence-corrected chi connectivity index (χ1v) is 16.3. The molecule has 2 saturated heterocycles. The SMILES string of the molecule is Cc1cc(CN2CCS(=O)CC2)ccc1COc1ccc(Cl)cc1-c1csc(N2CCC(C(=O)O)C(C(F)(F)F)C2)n1. The maximum atomic E-state index is 13.7. The van der Waals surface area contributed by atoms with E-state index in [4.69, 9.17) is 16.3 Å². The molecule has 2 aliphatic rings. The number of benzene rings is 2. The summed E-state index contributed by atoms with van der Waals surface area (Å²) in [5, 5.41) is 11.9. The summed E-state index contributed by atoms with van der Waals surface area (Å²) in [5.74, 6) is -2.90. The van der Waals surface area contributed by atoms with Crippen molar-refractivity contribution in [2.75, 3.05) is 42.6 Å². The maximum absolute atomic E-state index is 13.7. The van der Waals surface area contributed by atoms with E-state index in [0.717, 1.165) is 30.8 Å². The fourth-order valence-electron chi connectivity index (χ4n) is 5.38. The second-order valence-electron chi connectivity index (χ2n) is 10.7. The van der Waals surface area contributed by atoms with Crippen molar-refractivity contribution in [1.82, 2.24) is 9.88 Å². The number of thiazole rings is 1. The number of anilines is 1. The fraction of sp³-hybridized carbons (Fsp3) is 0.448. The van der Waals surface area contributed by atoms with Gasteiger partial charge in [0.15, 0.2) is 5.13 Å². The largest absolute Gasteiger partial charge is 0.488 e. The molecule has 1 aromatic heterocycles. The van der Waals surface area contributed by atoms with Crippen LogP contribution in [0.1, 0.15) is 23.1 Å². The Hall–Kier alpha value is -2.67. The fourth-order valence-corrected chi connectivity index (χ4v) is 7.54.